The van der Waals surface area contributed by atoms with E-state index >= 15 is 0 Å². The van der Waals surface area contributed by atoms with Crippen LogP contribution in [-0.4, -0.2) is 30.6 Å². The maximum absolute atomic E-state index is 12.0. The van der Waals surface area contributed by atoms with Gasteiger partial charge in [-0.15, -0.1) is 0 Å². The number of aliphatic hydroxyl groups is 1. The summed E-state index contributed by atoms with van der Waals surface area (Å²) in [5, 5.41) is 18.5. The molecule has 0 spiro atoms. The number of ether oxygens (including phenoxy) is 2. The molecule has 1 rings (SSSR count). The van der Waals surface area contributed by atoms with Crippen molar-refractivity contribution in [2.45, 2.75) is 20.3 Å². The first-order valence-electron chi connectivity index (χ1n) is 7.09. The third-order valence-corrected chi connectivity index (χ3v) is 3.00. The molecule has 1 N–H and O–H groups in total. The number of nitriles is 1. The molecule has 0 aliphatic heterocycles. The number of benzene rings is 1. The zero-order valence-corrected chi connectivity index (χ0v) is 13.3. The molecule has 0 amide bonds. The Bertz CT molecular complexity index is 655. The van der Waals surface area contributed by atoms with Crippen LogP contribution in [-0.2, 0) is 9.53 Å². The summed E-state index contributed by atoms with van der Waals surface area (Å²) >= 11 is 0. The maximum atomic E-state index is 12.0. The predicted octanol–water partition coefficient (Wildman–Crippen LogP) is 2.78. The number of carbonyl (C=O) groups is 2. The van der Waals surface area contributed by atoms with Crippen molar-refractivity contribution in [1.82, 2.24) is 0 Å². The molecule has 0 heterocycles. The molecule has 6 nitrogen and oxygen atoms in total. The topological polar surface area (TPSA) is 96.6 Å². The van der Waals surface area contributed by atoms with Gasteiger partial charge >= 0.3 is 5.97 Å². The van der Waals surface area contributed by atoms with Gasteiger partial charge in [0.1, 0.15) is 11.8 Å². The summed E-state index contributed by atoms with van der Waals surface area (Å²) in [5.41, 5.74) is 0.374. The van der Waals surface area contributed by atoms with Gasteiger partial charge in [0, 0.05) is 11.6 Å². The number of carbonyl (C=O) groups excluding carboxylic acids is 2. The van der Waals surface area contributed by atoms with Gasteiger partial charge in [0.2, 0.25) is 5.76 Å². The molecule has 1 aromatic carbocycles. The first kappa shape index (κ1) is 18.2. The van der Waals surface area contributed by atoms with Crippen LogP contribution in [0.15, 0.2) is 30.0 Å². The Hall–Kier alpha value is -2.81. The van der Waals surface area contributed by atoms with Gasteiger partial charge in [-0.1, -0.05) is 13.8 Å². The van der Waals surface area contributed by atoms with E-state index in [4.69, 9.17) is 10.00 Å². The van der Waals surface area contributed by atoms with Crippen LogP contribution in [0.1, 0.15) is 36.2 Å². The number of hydrogen-bond donors (Lipinski definition) is 1. The van der Waals surface area contributed by atoms with E-state index in [0.717, 1.165) is 19.6 Å². The Morgan fingerprint density at radius 3 is 2.65 bits per heavy atom. The van der Waals surface area contributed by atoms with Gasteiger partial charge in [0.25, 0.3) is 0 Å². The number of allylic oxidation sites excluding steroid dienone is 1. The lowest BCUT2D eigenvalue weighted by Gasteiger charge is -2.10. The van der Waals surface area contributed by atoms with Gasteiger partial charge in [-0.3, -0.25) is 4.79 Å². The summed E-state index contributed by atoms with van der Waals surface area (Å²) in [6.45, 7) is 4.61. The molecule has 0 aliphatic rings. The summed E-state index contributed by atoms with van der Waals surface area (Å²) in [6.07, 6.45) is 1.60. The van der Waals surface area contributed by atoms with E-state index in [2.05, 4.69) is 18.6 Å². The summed E-state index contributed by atoms with van der Waals surface area (Å²) in [6, 6.07) is 6.31. The van der Waals surface area contributed by atoms with Crippen molar-refractivity contribution in [3.05, 3.63) is 41.2 Å². The highest BCUT2D eigenvalue weighted by atomic mass is 16.5. The molecule has 0 fully saturated rings. The first-order chi connectivity index (χ1) is 10.9. The van der Waals surface area contributed by atoms with Crippen LogP contribution in [0.25, 0.3) is 0 Å². The number of rotatable bonds is 7. The third-order valence-electron chi connectivity index (χ3n) is 3.00. The molecular weight excluding hydrogens is 298 g/mol. The van der Waals surface area contributed by atoms with Crippen LogP contribution in [0.5, 0.6) is 5.75 Å². The van der Waals surface area contributed by atoms with Gasteiger partial charge in [-0.25, -0.2) is 4.79 Å². The van der Waals surface area contributed by atoms with Crippen molar-refractivity contribution in [1.29, 1.82) is 5.26 Å². The fraction of sp³-hybridized carbons (Fsp3) is 0.353. The molecule has 1 aromatic rings. The Morgan fingerprint density at radius 2 is 2.09 bits per heavy atom. The maximum Gasteiger partial charge on any atom is 0.373 e. The van der Waals surface area contributed by atoms with Crippen molar-refractivity contribution >= 4 is 11.8 Å². The van der Waals surface area contributed by atoms with E-state index in [0.29, 0.717) is 18.3 Å². The third kappa shape index (κ3) is 5.47. The fourth-order valence-corrected chi connectivity index (χ4v) is 1.67. The highest BCUT2D eigenvalue weighted by Crippen LogP contribution is 2.21. The molecule has 122 valence electrons. The average Bonchev–Trinajstić information content (AvgIpc) is 2.53. The van der Waals surface area contributed by atoms with E-state index in [9.17, 15) is 14.7 Å². The summed E-state index contributed by atoms with van der Waals surface area (Å²) in [7, 11) is 1.09. The van der Waals surface area contributed by atoms with E-state index in [1.807, 2.05) is 6.07 Å². The number of nitrogens with zero attached hydrogens (tertiary/aromatic N) is 1. The number of methoxy groups -OCH3 is 1. The molecule has 0 bridgehead atoms. The van der Waals surface area contributed by atoms with Crippen LogP contribution in [0.3, 0.4) is 0 Å². The van der Waals surface area contributed by atoms with Crippen molar-refractivity contribution < 1.29 is 24.2 Å². The molecule has 0 atom stereocenters. The van der Waals surface area contributed by atoms with Gasteiger partial charge in [-0.2, -0.15) is 5.26 Å². The van der Waals surface area contributed by atoms with Gasteiger partial charge in [0.15, 0.2) is 5.78 Å². The molecule has 0 aliphatic carbocycles. The van der Waals surface area contributed by atoms with Crippen molar-refractivity contribution in [3.8, 4) is 11.8 Å². The number of aliphatic hydroxyl groups excluding tert-OH is 1. The van der Waals surface area contributed by atoms with Crippen LogP contribution >= 0.6 is 0 Å². The molecular formula is C17H19NO5. The highest BCUT2D eigenvalue weighted by molar-refractivity contribution is 6.08. The summed E-state index contributed by atoms with van der Waals surface area (Å²) in [4.78, 5) is 23.0. The number of ketones is 1. The SMILES string of the molecule is COC(=O)/C(O)=C/C(=O)c1ccc(OCCC(C)C)c(C#N)c1. The highest BCUT2D eigenvalue weighted by Gasteiger charge is 2.13. The van der Waals surface area contributed by atoms with Gasteiger partial charge in [-0.05, 0) is 30.5 Å². The Morgan fingerprint density at radius 1 is 1.39 bits per heavy atom. The minimum atomic E-state index is -1.01. The number of esters is 1. The van der Waals surface area contributed by atoms with E-state index < -0.39 is 17.5 Å². The quantitative estimate of drug-likeness (QED) is 0.359. The molecule has 23 heavy (non-hydrogen) atoms. The zero-order valence-electron chi connectivity index (χ0n) is 13.3. The second-order valence-electron chi connectivity index (χ2n) is 5.24. The Balaban J connectivity index is 2.93. The summed E-state index contributed by atoms with van der Waals surface area (Å²) < 4.78 is 9.83. The molecule has 0 saturated carbocycles. The van der Waals surface area contributed by atoms with Crippen LogP contribution in [0.2, 0.25) is 0 Å². The Labute approximate surface area is 134 Å². The molecule has 6 heteroatoms. The van der Waals surface area contributed by atoms with Gasteiger partial charge < -0.3 is 14.6 Å². The van der Waals surface area contributed by atoms with Crippen LogP contribution in [0.4, 0.5) is 0 Å². The lowest BCUT2D eigenvalue weighted by Crippen LogP contribution is -2.07. The lowest BCUT2D eigenvalue weighted by atomic mass is 10.1. The minimum absolute atomic E-state index is 0.160. The molecule has 0 unspecified atom stereocenters. The van der Waals surface area contributed by atoms with E-state index in [-0.39, 0.29) is 11.1 Å². The van der Waals surface area contributed by atoms with Crippen molar-refractivity contribution in [3.63, 3.8) is 0 Å². The van der Waals surface area contributed by atoms with Crippen molar-refractivity contribution in [2.75, 3.05) is 13.7 Å². The zero-order chi connectivity index (χ0) is 17.4. The fourth-order valence-electron chi connectivity index (χ4n) is 1.67. The predicted molar refractivity (Wildman–Crippen MR) is 83.2 cm³/mol. The minimum Gasteiger partial charge on any atom is -0.502 e. The first-order valence-corrected chi connectivity index (χ1v) is 7.09. The second kappa shape index (κ2) is 8.59. The van der Waals surface area contributed by atoms with E-state index in [1.54, 1.807) is 0 Å². The normalized spacial score (nSPS) is 11.0. The largest absolute Gasteiger partial charge is 0.502 e. The Kier molecular flexibility index (Phi) is 6.81. The van der Waals surface area contributed by atoms with E-state index in [1.165, 1.54) is 18.2 Å². The smallest absolute Gasteiger partial charge is 0.373 e. The van der Waals surface area contributed by atoms with Crippen molar-refractivity contribution in [2.24, 2.45) is 5.92 Å². The molecule has 0 aromatic heterocycles. The lowest BCUT2D eigenvalue weighted by molar-refractivity contribution is -0.139. The second-order valence-corrected chi connectivity index (χ2v) is 5.24. The van der Waals surface area contributed by atoms with Gasteiger partial charge in [0.05, 0.1) is 19.3 Å². The monoisotopic (exact) mass is 317 g/mol. The molecule has 0 saturated heterocycles. The van der Waals surface area contributed by atoms with Crippen LogP contribution in [0, 0.1) is 17.2 Å². The van der Waals surface area contributed by atoms with Crippen LogP contribution < -0.4 is 4.74 Å². The average molecular weight is 317 g/mol. The number of hydrogen-bond acceptors (Lipinski definition) is 6. The standard InChI is InChI=1S/C17H19NO5/c1-11(2)6-7-23-16-5-4-12(8-13(16)10-18)14(19)9-15(20)17(21)22-3/h4-5,8-9,11,20H,6-7H2,1-3H3/b15-9-. The summed E-state index contributed by atoms with van der Waals surface area (Å²) in [5.74, 6) is -1.54. The molecule has 0 radical (unpaired) electrons.